The normalized spacial score (nSPS) is 11.8. The summed E-state index contributed by atoms with van der Waals surface area (Å²) < 4.78 is 0. The van der Waals surface area contributed by atoms with Crippen LogP contribution in [-0.2, 0) is 11.2 Å². The zero-order valence-electron chi connectivity index (χ0n) is 15.6. The number of nitrogens with zero attached hydrogens (tertiary/aromatic N) is 1. The van der Waals surface area contributed by atoms with Crippen molar-refractivity contribution in [3.63, 3.8) is 0 Å². The minimum Gasteiger partial charge on any atom is -0.395 e. The molecule has 2 aromatic carbocycles. The van der Waals surface area contributed by atoms with Gasteiger partial charge in [-0.05, 0) is 29.2 Å². The van der Waals surface area contributed by atoms with Crippen LogP contribution in [0.25, 0.3) is 0 Å². The molecular weight excluding hydrogens is 350 g/mol. The van der Waals surface area contributed by atoms with E-state index in [1.54, 1.807) is 6.07 Å². The number of nitrogen functional groups attached to an aromatic ring is 3. The van der Waals surface area contributed by atoms with Crippen molar-refractivity contribution < 1.29 is 4.79 Å². The summed E-state index contributed by atoms with van der Waals surface area (Å²) in [5, 5.41) is 0. The first-order chi connectivity index (χ1) is 13.6. The number of nitrogens with one attached hydrogen (secondary N) is 1. The first-order valence-electron chi connectivity index (χ1n) is 9.21. The number of carbonyl (C=O) groups is 1. The van der Waals surface area contributed by atoms with Crippen molar-refractivity contribution in [3.8, 4) is 0 Å². The smallest absolute Gasteiger partial charge is 0.165 e. The van der Waals surface area contributed by atoms with Crippen molar-refractivity contribution in [2.45, 2.75) is 25.2 Å². The van der Waals surface area contributed by atoms with Crippen molar-refractivity contribution >= 4 is 23.1 Å². The van der Waals surface area contributed by atoms with E-state index in [1.807, 2.05) is 60.7 Å². The molecule has 0 bridgehead atoms. The highest BCUT2D eigenvalue weighted by Crippen LogP contribution is 2.36. The molecule has 0 fully saturated rings. The van der Waals surface area contributed by atoms with E-state index in [0.717, 1.165) is 16.7 Å². The number of hydrazine groups is 1. The number of ketones is 1. The molecule has 0 radical (unpaired) electrons. The average molecular weight is 375 g/mol. The Balaban J connectivity index is 1.85. The lowest BCUT2D eigenvalue weighted by atomic mass is 9.85. The molecule has 0 aliphatic carbocycles. The maximum Gasteiger partial charge on any atom is 0.165 e. The number of rotatable bonds is 8. The Hall–Kier alpha value is -3.38. The minimum atomic E-state index is -0.0849. The Kier molecular flexibility index (Phi) is 6.24. The van der Waals surface area contributed by atoms with Gasteiger partial charge in [0, 0.05) is 18.8 Å². The van der Waals surface area contributed by atoms with Crippen LogP contribution < -0.4 is 22.7 Å². The van der Waals surface area contributed by atoms with Crippen molar-refractivity contribution in [1.29, 1.82) is 0 Å². The van der Waals surface area contributed by atoms with Gasteiger partial charge in [0.25, 0.3) is 0 Å². The molecule has 0 saturated heterocycles. The number of benzene rings is 2. The van der Waals surface area contributed by atoms with E-state index in [1.165, 1.54) is 0 Å². The SMILES string of the molecule is NNc1nc(N)cc(C(CCC(=O)Cc2ccccc2)c2ccccc2)c1N. The van der Waals surface area contributed by atoms with Gasteiger partial charge in [0.1, 0.15) is 11.6 Å². The van der Waals surface area contributed by atoms with Gasteiger partial charge in [0.15, 0.2) is 5.82 Å². The Bertz CT molecular complexity index is 928. The first kappa shape index (κ1) is 19.4. The Labute approximate surface area is 164 Å². The lowest BCUT2D eigenvalue weighted by molar-refractivity contribution is -0.118. The predicted molar refractivity (Wildman–Crippen MR) is 114 cm³/mol. The standard InChI is InChI=1S/C22H25N5O/c23-20-14-19(21(24)22(26-20)27-25)18(16-9-5-2-6-10-16)12-11-17(28)13-15-7-3-1-4-8-15/h1-10,14,18H,11-13,24-25H2,(H3,23,26,27). The summed E-state index contributed by atoms with van der Waals surface area (Å²) in [6.45, 7) is 0. The van der Waals surface area contributed by atoms with Crippen LogP contribution in [0.4, 0.5) is 17.3 Å². The lowest BCUT2D eigenvalue weighted by Gasteiger charge is -2.21. The summed E-state index contributed by atoms with van der Waals surface area (Å²) in [7, 11) is 0. The second-order valence-electron chi connectivity index (χ2n) is 6.75. The van der Waals surface area contributed by atoms with Crippen LogP contribution in [0.15, 0.2) is 66.7 Å². The topological polar surface area (TPSA) is 120 Å². The Morgan fingerprint density at radius 3 is 2.29 bits per heavy atom. The van der Waals surface area contributed by atoms with Gasteiger partial charge in [-0.2, -0.15) is 0 Å². The molecule has 0 spiro atoms. The zero-order valence-corrected chi connectivity index (χ0v) is 15.6. The fourth-order valence-electron chi connectivity index (χ4n) is 3.40. The van der Waals surface area contributed by atoms with Crippen LogP contribution in [0, 0.1) is 0 Å². The minimum absolute atomic E-state index is 0.0849. The van der Waals surface area contributed by atoms with Gasteiger partial charge in [-0.3, -0.25) is 4.79 Å². The number of aromatic nitrogens is 1. The lowest BCUT2D eigenvalue weighted by Crippen LogP contribution is -2.16. The quantitative estimate of drug-likeness (QED) is 0.354. The summed E-state index contributed by atoms with van der Waals surface area (Å²) >= 11 is 0. The van der Waals surface area contributed by atoms with Crippen LogP contribution in [0.3, 0.4) is 0 Å². The predicted octanol–water partition coefficient (Wildman–Crippen LogP) is 3.26. The second-order valence-corrected chi connectivity index (χ2v) is 6.75. The highest BCUT2D eigenvalue weighted by atomic mass is 16.1. The highest BCUT2D eigenvalue weighted by molar-refractivity contribution is 5.81. The van der Waals surface area contributed by atoms with Crippen LogP contribution in [0.5, 0.6) is 0 Å². The number of nitrogens with two attached hydrogens (primary N) is 3. The summed E-state index contributed by atoms with van der Waals surface area (Å²) in [4.78, 5) is 16.7. The molecule has 1 atom stereocenters. The number of anilines is 3. The number of hydrogen-bond acceptors (Lipinski definition) is 6. The third-order valence-corrected chi connectivity index (χ3v) is 4.78. The molecule has 7 N–H and O–H groups in total. The van der Waals surface area contributed by atoms with Crippen LogP contribution in [0.2, 0.25) is 0 Å². The number of pyridine rings is 1. The van der Waals surface area contributed by atoms with E-state index in [9.17, 15) is 4.79 Å². The van der Waals surface area contributed by atoms with Crippen molar-refractivity contribution in [3.05, 3.63) is 83.4 Å². The largest absolute Gasteiger partial charge is 0.395 e. The molecule has 3 aromatic rings. The van der Waals surface area contributed by atoms with E-state index in [-0.39, 0.29) is 11.7 Å². The van der Waals surface area contributed by atoms with Crippen LogP contribution in [0.1, 0.15) is 35.4 Å². The molecule has 1 unspecified atom stereocenters. The second kappa shape index (κ2) is 9.01. The third kappa shape index (κ3) is 4.66. The number of carbonyl (C=O) groups excluding carboxylic acids is 1. The Morgan fingerprint density at radius 2 is 1.64 bits per heavy atom. The van der Waals surface area contributed by atoms with Crippen molar-refractivity contribution in [1.82, 2.24) is 4.98 Å². The summed E-state index contributed by atoms with van der Waals surface area (Å²) in [6, 6.07) is 21.5. The van der Waals surface area contributed by atoms with Gasteiger partial charge in [0.2, 0.25) is 0 Å². The van der Waals surface area contributed by atoms with E-state index in [0.29, 0.717) is 36.6 Å². The fourth-order valence-corrected chi connectivity index (χ4v) is 3.40. The molecule has 144 valence electrons. The average Bonchev–Trinajstić information content (AvgIpc) is 2.72. The number of Topliss-reactive ketones (excluding diaryl/α,β-unsaturated/α-hetero) is 1. The first-order valence-corrected chi connectivity index (χ1v) is 9.21. The van der Waals surface area contributed by atoms with Gasteiger partial charge >= 0.3 is 0 Å². The van der Waals surface area contributed by atoms with E-state index < -0.39 is 0 Å². The molecule has 3 rings (SSSR count). The molecule has 0 saturated carbocycles. The van der Waals surface area contributed by atoms with Gasteiger partial charge in [-0.15, -0.1) is 0 Å². The third-order valence-electron chi connectivity index (χ3n) is 4.78. The van der Waals surface area contributed by atoms with Gasteiger partial charge in [-0.25, -0.2) is 10.8 Å². The molecule has 0 amide bonds. The van der Waals surface area contributed by atoms with Gasteiger partial charge < -0.3 is 16.9 Å². The molecule has 0 aliphatic rings. The summed E-state index contributed by atoms with van der Waals surface area (Å²) in [5.74, 6) is 6.30. The molecule has 1 heterocycles. The van der Waals surface area contributed by atoms with E-state index >= 15 is 0 Å². The maximum atomic E-state index is 12.6. The van der Waals surface area contributed by atoms with Crippen LogP contribution in [-0.4, -0.2) is 10.8 Å². The Morgan fingerprint density at radius 1 is 1.00 bits per heavy atom. The van der Waals surface area contributed by atoms with Crippen molar-refractivity contribution in [2.75, 3.05) is 16.9 Å². The molecule has 28 heavy (non-hydrogen) atoms. The zero-order chi connectivity index (χ0) is 19.9. The molecule has 0 aliphatic heterocycles. The van der Waals surface area contributed by atoms with E-state index in [2.05, 4.69) is 10.4 Å². The highest BCUT2D eigenvalue weighted by Gasteiger charge is 2.21. The van der Waals surface area contributed by atoms with Crippen LogP contribution >= 0.6 is 0 Å². The van der Waals surface area contributed by atoms with Gasteiger partial charge in [-0.1, -0.05) is 60.7 Å². The molecule has 6 heteroatoms. The molecule has 6 nitrogen and oxygen atoms in total. The molecule has 1 aromatic heterocycles. The summed E-state index contributed by atoms with van der Waals surface area (Å²) in [5.41, 5.74) is 18.1. The summed E-state index contributed by atoms with van der Waals surface area (Å²) in [6.07, 6.45) is 1.47. The van der Waals surface area contributed by atoms with Gasteiger partial charge in [0.05, 0.1) is 5.69 Å². The monoisotopic (exact) mass is 375 g/mol. The molecular formula is C22H25N5O. The number of hydrogen-bond donors (Lipinski definition) is 4. The fraction of sp³-hybridized carbons (Fsp3) is 0.182. The van der Waals surface area contributed by atoms with Crippen molar-refractivity contribution in [2.24, 2.45) is 5.84 Å². The van der Waals surface area contributed by atoms with E-state index in [4.69, 9.17) is 17.3 Å². The maximum absolute atomic E-state index is 12.6.